The number of aliphatic hydroxyl groups excluding tert-OH is 2. The molecule has 6 aromatic carbocycles. The Bertz CT molecular complexity index is 2490. The van der Waals surface area contributed by atoms with Crippen molar-refractivity contribution in [2.45, 2.75) is 51.5 Å². The number of aliphatic imine (C=N–C) groups is 4. The van der Waals surface area contributed by atoms with Gasteiger partial charge in [-0.2, -0.15) is 0 Å². The maximum atomic E-state index is 10.0. The predicted octanol–water partition coefficient (Wildman–Crippen LogP) is -0.265. The molecular formula is C70H98Cl4K4N4O14W6-6. The van der Waals surface area contributed by atoms with Gasteiger partial charge in [-0.1, -0.05) is 197 Å². The summed E-state index contributed by atoms with van der Waals surface area (Å²) >= 11 is 21.4. The fraction of sp³-hybridized carbons (Fsp3) is 0.286. The van der Waals surface area contributed by atoms with Crippen LogP contribution in [-0.2, 0) is 165 Å². The summed E-state index contributed by atoms with van der Waals surface area (Å²) in [5, 5.41) is 35.0. The number of benzene rings is 6. The van der Waals surface area contributed by atoms with Crippen LogP contribution in [0.25, 0.3) is 0 Å². The summed E-state index contributed by atoms with van der Waals surface area (Å²) in [6.07, 6.45) is 9.42. The summed E-state index contributed by atoms with van der Waals surface area (Å²) in [4.78, 5) is 59.1. The monoisotopic (exact) mass is 2620 g/mol. The Morgan fingerprint density at radius 2 is 0.559 bits per heavy atom. The predicted molar refractivity (Wildman–Crippen MR) is 382 cm³/mol. The van der Waals surface area contributed by atoms with Gasteiger partial charge in [-0.05, 0) is 22.3 Å². The molecule has 4 saturated heterocycles. The van der Waals surface area contributed by atoms with Crippen LogP contribution in [0.3, 0.4) is 0 Å². The molecule has 0 saturated carbocycles. The molecule has 0 spiro atoms. The zero-order valence-corrected chi connectivity index (χ0v) is 91.5. The van der Waals surface area contributed by atoms with E-state index in [1.807, 2.05) is 170 Å². The van der Waals surface area contributed by atoms with Crippen molar-refractivity contribution in [3.8, 4) is 0 Å². The second-order valence-corrected chi connectivity index (χ2v) is 18.0. The Morgan fingerprint density at radius 3 is 0.686 bits per heavy atom. The fourth-order valence-corrected chi connectivity index (χ4v) is 5.64. The van der Waals surface area contributed by atoms with Gasteiger partial charge >= 0.3 is 206 Å². The molecule has 2 N–H and O–H groups in total. The van der Waals surface area contributed by atoms with Crippen molar-refractivity contribution in [3.05, 3.63) is 260 Å². The average molecular weight is 2620 g/mol. The van der Waals surface area contributed by atoms with Gasteiger partial charge in [-0.25, -0.2) is 0 Å². The SMILES string of the molecule is C.C.C(=NCC1CO1)c1ccccc1.C(=NC[C@H]1CO1)c1ccccc1.ClCC1CO1.ClC[C@@H]1CO1.O=CO[O-].O=CO[O-].O=Cc1ccccc1.O=Cc1ccccc1.OC(CCl)CN=Cc1ccccc1.O[C@H](CCl)CN=Cc1ccccc1.[CH3-].[CH3-].[CH3-].[CH3-].[CH3-].[CH3-].[H-].[H-].[K+].[K+].[K+].[K+].[W].[W].[W].[W].[W].[W]. The van der Waals surface area contributed by atoms with Crippen LogP contribution >= 0.6 is 46.4 Å². The number of aliphatic hydroxyl groups is 2. The molecule has 18 nitrogen and oxygen atoms in total. The van der Waals surface area contributed by atoms with E-state index in [4.69, 9.17) is 95.7 Å². The summed E-state index contributed by atoms with van der Waals surface area (Å²) in [6, 6.07) is 57.9. The Hall–Kier alpha value is 3.80. The Balaban J connectivity index is -0.0000000418. The third-order valence-electron chi connectivity index (χ3n) is 9.67. The van der Waals surface area contributed by atoms with E-state index >= 15 is 0 Å². The standard InChI is InChI=1S/2C10H12ClNO.2C10H11NO.2C7H6O.2C3H5ClO.2CH2O3.2CH4.6CH3.4K.6W.2H/c2*11-6-10(13)8-12-7-9-4-2-1-3-5-9;2*1-2-4-9(5-3-1)6-11-7-10-8-12-10;2*8-6-7-4-2-1-3-5-7;2*4-1-3-2-5-3;2*2-1-4-3;;;;;;;;;;;;;;;;;;;;/h2*1-5,7,10,13H,6,8H2;2*1-6,10H,7-8H2;2*1-6H;2*3H,1-2H2;2*1,3H;2*1H4;6*1H3;;;;;;;;;;;;/q;;;;;;;;;;;;6*-1;4*+1;;;;;;;2*-1/p-2/t10-;;10-;;;;3-;;;;;;;;;;;;;;;;;;;;;;;/m1.0...1......................./s1. The molecule has 4 fully saturated rings. The first-order chi connectivity index (χ1) is 41.1. The van der Waals surface area contributed by atoms with Crippen molar-refractivity contribution in [2.75, 3.05) is 76.1 Å². The quantitative estimate of drug-likeness (QED) is 0.0146. The van der Waals surface area contributed by atoms with Crippen LogP contribution in [0.5, 0.6) is 0 Å². The molecule has 10 rings (SSSR count). The van der Waals surface area contributed by atoms with E-state index in [1.54, 1.807) is 36.7 Å². The van der Waals surface area contributed by atoms with Gasteiger partial charge in [-0.15, -0.1) is 46.4 Å². The number of nitrogens with zero attached hydrogens (tertiary/aromatic N) is 4. The van der Waals surface area contributed by atoms with Gasteiger partial charge in [0.15, 0.2) is 0 Å². The number of rotatable bonds is 20. The molecular weight excluding hydrogens is 2520 g/mol. The van der Waals surface area contributed by atoms with Gasteiger partial charge in [0.05, 0.1) is 101 Å². The molecule has 6 aromatic rings. The molecule has 102 heavy (non-hydrogen) atoms. The first-order valence-electron chi connectivity index (χ1n) is 25.8. The summed E-state index contributed by atoms with van der Waals surface area (Å²) < 4.78 is 19.5. The van der Waals surface area contributed by atoms with Gasteiger partial charge in [-0.3, -0.25) is 39.1 Å². The third kappa shape index (κ3) is 106. The number of halogens is 4. The molecule has 3 unspecified atom stereocenters. The molecule has 4 aliphatic rings. The molecule has 4 heterocycles. The maximum absolute atomic E-state index is 10.0. The number of carbonyl (C=O) groups is 4. The van der Waals surface area contributed by atoms with Crippen LogP contribution in [-0.4, -0.2) is 173 Å². The topological polar surface area (TPSA) is 273 Å². The molecule has 0 bridgehead atoms. The summed E-state index contributed by atoms with van der Waals surface area (Å²) in [6.45, 7) is 5.48. The maximum Gasteiger partial charge on any atom is 1.00 e. The summed E-state index contributed by atoms with van der Waals surface area (Å²) in [5.41, 5.74) is 5.82. The Morgan fingerprint density at radius 1 is 0.382 bits per heavy atom. The van der Waals surface area contributed by atoms with E-state index in [1.165, 1.54) is 0 Å². The first kappa shape index (κ1) is 151. The third-order valence-corrected chi connectivity index (χ3v) is 11.1. The van der Waals surface area contributed by atoms with Crippen molar-refractivity contribution >= 4 is 96.8 Å². The van der Waals surface area contributed by atoms with Gasteiger partial charge in [0.1, 0.15) is 24.8 Å². The molecule has 556 valence electrons. The van der Waals surface area contributed by atoms with Crippen molar-refractivity contribution in [2.24, 2.45) is 20.0 Å². The molecule has 32 heteroatoms. The van der Waals surface area contributed by atoms with Crippen molar-refractivity contribution in [1.29, 1.82) is 0 Å². The molecule has 0 aliphatic carbocycles. The van der Waals surface area contributed by atoms with E-state index in [0.29, 0.717) is 49.3 Å². The van der Waals surface area contributed by atoms with Crippen LogP contribution in [0.2, 0.25) is 0 Å². The minimum atomic E-state index is -0.540. The zero-order valence-electron chi connectivity index (χ0n) is 60.4. The van der Waals surface area contributed by atoms with Crippen molar-refractivity contribution in [1.82, 2.24) is 0 Å². The van der Waals surface area contributed by atoms with Crippen molar-refractivity contribution < 1.29 is 403 Å². The van der Waals surface area contributed by atoms with Crippen LogP contribution in [0.15, 0.2) is 202 Å². The Labute approximate surface area is 890 Å². The van der Waals surface area contributed by atoms with Gasteiger partial charge < -0.3 is 96.9 Å². The van der Waals surface area contributed by atoms with E-state index < -0.39 is 12.2 Å². The number of ether oxygens (including phenoxy) is 4. The second kappa shape index (κ2) is 113. The minimum absolute atomic E-state index is 0. The fourth-order valence-electron chi connectivity index (χ4n) is 5.09. The van der Waals surface area contributed by atoms with Gasteiger partial charge in [0.2, 0.25) is 0 Å². The molecule has 4 aliphatic heterocycles. The number of alkyl halides is 4. The largest absolute Gasteiger partial charge is 1.00 e. The molecule has 0 radical (unpaired) electrons. The Kier molecular flexibility index (Phi) is 168. The number of epoxide rings is 4. The molecule has 6 atom stereocenters. The van der Waals surface area contributed by atoms with Crippen molar-refractivity contribution in [3.63, 3.8) is 0 Å². The van der Waals surface area contributed by atoms with Crippen LogP contribution in [0, 0.1) is 44.6 Å². The number of aldehydes is 2. The second-order valence-electron chi connectivity index (χ2n) is 16.8. The van der Waals surface area contributed by atoms with E-state index in [0.717, 1.165) is 85.5 Å². The molecule has 0 aromatic heterocycles. The van der Waals surface area contributed by atoms with Gasteiger partial charge in [0.25, 0.3) is 12.9 Å². The smallest absolute Gasteiger partial charge is 1.00 e. The summed E-state index contributed by atoms with van der Waals surface area (Å²) in [7, 11) is 0. The summed E-state index contributed by atoms with van der Waals surface area (Å²) in [5.74, 6) is 1.79. The first-order valence-corrected chi connectivity index (χ1v) is 28.0. The number of hydrogen-bond acceptors (Lipinski definition) is 18. The van der Waals surface area contributed by atoms with E-state index in [-0.39, 0.29) is 419 Å². The zero-order chi connectivity index (χ0) is 61.4. The van der Waals surface area contributed by atoms with Crippen LogP contribution in [0.1, 0.15) is 60.7 Å². The van der Waals surface area contributed by atoms with E-state index in [2.05, 4.69) is 29.7 Å². The normalized spacial score (nSPS) is 13.6. The van der Waals surface area contributed by atoms with Crippen LogP contribution in [0.4, 0.5) is 0 Å². The number of hydrogen-bond donors (Lipinski definition) is 2. The number of carbonyl (C=O) groups excluding carboxylic acids is 4. The van der Waals surface area contributed by atoms with E-state index in [9.17, 15) is 9.59 Å². The molecule has 0 amide bonds. The minimum Gasteiger partial charge on any atom is -1.00 e. The van der Waals surface area contributed by atoms with Crippen LogP contribution < -0.4 is 216 Å². The van der Waals surface area contributed by atoms with Gasteiger partial charge in [0, 0.05) is 162 Å². The average Bonchev–Trinajstić information content (AvgIpc) is 1.31.